The molecule has 0 aliphatic rings. The van der Waals surface area contributed by atoms with E-state index in [0.29, 0.717) is 0 Å². The van der Waals surface area contributed by atoms with Crippen LogP contribution in [0.25, 0.3) is 0 Å². The predicted molar refractivity (Wildman–Crippen MR) is 61.4 cm³/mol. The van der Waals surface area contributed by atoms with Crippen molar-refractivity contribution in [3.63, 3.8) is 0 Å². The van der Waals surface area contributed by atoms with Gasteiger partial charge in [-0.15, -0.1) is 0 Å². The van der Waals surface area contributed by atoms with Gasteiger partial charge in [0.2, 0.25) is 0 Å². The van der Waals surface area contributed by atoms with Crippen molar-refractivity contribution in [2.24, 2.45) is 0 Å². The van der Waals surface area contributed by atoms with Crippen LogP contribution >= 0.6 is 15.9 Å². The molecule has 1 rings (SSSR count). The Balaban J connectivity index is 1.99. The van der Waals surface area contributed by atoms with Gasteiger partial charge in [-0.1, -0.05) is 22.4 Å². The molecule has 0 spiro atoms. The van der Waals surface area contributed by atoms with E-state index in [-0.39, 0.29) is 0 Å². The molecule has 0 unspecified atom stereocenters. The summed E-state index contributed by atoms with van der Waals surface area (Å²) in [7, 11) is 0. The summed E-state index contributed by atoms with van der Waals surface area (Å²) in [5.74, 6) is 0.869. The lowest BCUT2D eigenvalue weighted by Gasteiger charge is -2.02. The van der Waals surface area contributed by atoms with Gasteiger partial charge in [0.15, 0.2) is 0 Å². The smallest absolute Gasteiger partial charge is 0.141 e. The fraction of sp³-hybridized carbons (Fsp3) is 0.600. The van der Waals surface area contributed by atoms with E-state index in [1.165, 1.54) is 19.3 Å². The van der Waals surface area contributed by atoms with E-state index < -0.39 is 0 Å². The van der Waals surface area contributed by atoms with E-state index in [2.05, 4.69) is 31.2 Å². The first kappa shape index (κ1) is 11.6. The van der Waals surface area contributed by atoms with Crippen molar-refractivity contribution in [3.8, 4) is 0 Å². The highest BCUT2D eigenvalue weighted by atomic mass is 79.9. The Morgan fingerprint density at radius 2 is 1.93 bits per heavy atom. The molecule has 3 nitrogen and oxygen atoms in total. The third-order valence-electron chi connectivity index (χ3n) is 1.89. The van der Waals surface area contributed by atoms with Crippen molar-refractivity contribution < 1.29 is 0 Å². The number of unbranched alkanes of at least 4 members (excludes halogenated alkanes) is 2. The van der Waals surface area contributed by atoms with Crippen LogP contribution in [0, 0.1) is 0 Å². The molecule has 0 aliphatic carbocycles. The number of aromatic nitrogens is 2. The van der Waals surface area contributed by atoms with Crippen LogP contribution in [0.2, 0.25) is 0 Å². The van der Waals surface area contributed by atoms with E-state index in [4.69, 9.17) is 0 Å². The summed E-state index contributed by atoms with van der Waals surface area (Å²) in [6, 6.07) is 1.83. The normalized spacial score (nSPS) is 10.4. The molecule has 4 heteroatoms. The van der Waals surface area contributed by atoms with Crippen LogP contribution in [0.5, 0.6) is 0 Å². The second-order valence-corrected chi connectivity index (χ2v) is 3.88. The Morgan fingerprint density at radius 3 is 2.64 bits per heavy atom. The molecule has 1 aromatic heterocycles. The Kier molecular flexibility index (Phi) is 6.53. The molecule has 0 saturated carbocycles. The molecule has 0 radical (unpaired) electrons. The van der Waals surface area contributed by atoms with Crippen molar-refractivity contribution in [2.75, 3.05) is 11.9 Å². The number of nitrogens with zero attached hydrogens (tertiary/aromatic N) is 2. The van der Waals surface area contributed by atoms with Crippen LogP contribution < -0.4 is 5.32 Å². The molecular formula is C10H16BrN3. The number of rotatable bonds is 7. The topological polar surface area (TPSA) is 37.8 Å². The standard InChI is InChI=1S/C10H16BrN3/c11-5-2-1-3-6-12-9-10-13-7-4-8-14-10/h4,7-8,12H,1-3,5-6,9H2. The minimum Gasteiger partial charge on any atom is -0.310 e. The quantitative estimate of drug-likeness (QED) is 0.601. The van der Waals surface area contributed by atoms with E-state index in [1.54, 1.807) is 12.4 Å². The Labute approximate surface area is 93.5 Å². The summed E-state index contributed by atoms with van der Waals surface area (Å²) in [5, 5.41) is 4.43. The third-order valence-corrected chi connectivity index (χ3v) is 2.45. The summed E-state index contributed by atoms with van der Waals surface area (Å²) >= 11 is 3.41. The molecule has 0 aliphatic heterocycles. The number of hydrogen-bond donors (Lipinski definition) is 1. The second-order valence-electron chi connectivity index (χ2n) is 3.09. The SMILES string of the molecule is BrCCCCCNCc1ncccn1. The Hall–Kier alpha value is -0.480. The lowest BCUT2D eigenvalue weighted by molar-refractivity contribution is 0.605. The summed E-state index contributed by atoms with van der Waals surface area (Å²) in [5.41, 5.74) is 0. The largest absolute Gasteiger partial charge is 0.310 e. The zero-order chi connectivity index (χ0) is 10.1. The molecule has 14 heavy (non-hydrogen) atoms. The minimum absolute atomic E-state index is 0.773. The van der Waals surface area contributed by atoms with Crippen molar-refractivity contribution in [3.05, 3.63) is 24.3 Å². The third kappa shape index (κ3) is 5.29. The maximum absolute atomic E-state index is 4.13. The summed E-state index contributed by atoms with van der Waals surface area (Å²) in [6.45, 7) is 1.82. The van der Waals surface area contributed by atoms with Gasteiger partial charge >= 0.3 is 0 Å². The molecule has 0 saturated heterocycles. The first-order valence-electron chi connectivity index (χ1n) is 4.96. The molecule has 78 valence electrons. The molecule has 1 N–H and O–H groups in total. The van der Waals surface area contributed by atoms with Gasteiger partial charge in [0, 0.05) is 17.7 Å². The lowest BCUT2D eigenvalue weighted by Crippen LogP contribution is -2.16. The highest BCUT2D eigenvalue weighted by Crippen LogP contribution is 1.97. The molecule has 0 bridgehead atoms. The molecule has 1 heterocycles. The van der Waals surface area contributed by atoms with Crippen molar-refractivity contribution in [2.45, 2.75) is 25.8 Å². The molecule has 0 atom stereocenters. The van der Waals surface area contributed by atoms with Crippen molar-refractivity contribution in [1.82, 2.24) is 15.3 Å². The van der Waals surface area contributed by atoms with E-state index in [9.17, 15) is 0 Å². The van der Waals surface area contributed by atoms with Crippen LogP contribution in [-0.2, 0) is 6.54 Å². The zero-order valence-electron chi connectivity index (χ0n) is 8.25. The summed E-state index contributed by atoms with van der Waals surface area (Å²) < 4.78 is 0. The number of hydrogen-bond acceptors (Lipinski definition) is 3. The van der Waals surface area contributed by atoms with Crippen LogP contribution in [-0.4, -0.2) is 21.8 Å². The summed E-state index contributed by atoms with van der Waals surface area (Å²) in [6.07, 6.45) is 7.29. The van der Waals surface area contributed by atoms with Gasteiger partial charge in [0.25, 0.3) is 0 Å². The van der Waals surface area contributed by atoms with E-state index >= 15 is 0 Å². The van der Waals surface area contributed by atoms with E-state index in [0.717, 1.165) is 24.2 Å². The monoisotopic (exact) mass is 257 g/mol. The van der Waals surface area contributed by atoms with Crippen LogP contribution in [0.4, 0.5) is 0 Å². The molecule has 1 aromatic rings. The fourth-order valence-corrected chi connectivity index (χ4v) is 1.54. The first-order valence-corrected chi connectivity index (χ1v) is 6.08. The Bertz CT molecular complexity index is 228. The molecule has 0 fully saturated rings. The number of alkyl halides is 1. The number of nitrogens with one attached hydrogen (secondary N) is 1. The highest BCUT2D eigenvalue weighted by molar-refractivity contribution is 9.09. The van der Waals surface area contributed by atoms with Gasteiger partial charge in [0.05, 0.1) is 6.54 Å². The highest BCUT2D eigenvalue weighted by Gasteiger charge is 1.93. The Morgan fingerprint density at radius 1 is 1.14 bits per heavy atom. The molecule has 0 aromatic carbocycles. The maximum Gasteiger partial charge on any atom is 0.141 e. The molecule has 0 amide bonds. The minimum atomic E-state index is 0.773. The summed E-state index contributed by atoms with van der Waals surface area (Å²) in [4.78, 5) is 8.26. The van der Waals surface area contributed by atoms with Crippen LogP contribution in [0.3, 0.4) is 0 Å². The van der Waals surface area contributed by atoms with E-state index in [1.807, 2.05) is 6.07 Å². The van der Waals surface area contributed by atoms with Gasteiger partial charge in [0.1, 0.15) is 5.82 Å². The van der Waals surface area contributed by atoms with Gasteiger partial charge < -0.3 is 5.32 Å². The lowest BCUT2D eigenvalue weighted by atomic mass is 10.2. The first-order chi connectivity index (χ1) is 6.93. The molecular weight excluding hydrogens is 242 g/mol. The van der Waals surface area contributed by atoms with Gasteiger partial charge in [-0.2, -0.15) is 0 Å². The predicted octanol–water partition coefficient (Wildman–Crippen LogP) is 2.13. The second kappa shape index (κ2) is 7.88. The zero-order valence-corrected chi connectivity index (χ0v) is 9.83. The van der Waals surface area contributed by atoms with Gasteiger partial charge in [-0.05, 0) is 25.5 Å². The number of halogens is 1. The average molecular weight is 258 g/mol. The van der Waals surface area contributed by atoms with Crippen molar-refractivity contribution >= 4 is 15.9 Å². The van der Waals surface area contributed by atoms with Crippen LogP contribution in [0.15, 0.2) is 18.5 Å². The van der Waals surface area contributed by atoms with Gasteiger partial charge in [-0.3, -0.25) is 0 Å². The maximum atomic E-state index is 4.13. The fourth-order valence-electron chi connectivity index (χ4n) is 1.14. The van der Waals surface area contributed by atoms with Crippen LogP contribution in [0.1, 0.15) is 25.1 Å². The van der Waals surface area contributed by atoms with Gasteiger partial charge in [-0.25, -0.2) is 9.97 Å². The average Bonchev–Trinajstić information content (AvgIpc) is 2.25. The van der Waals surface area contributed by atoms with Crippen molar-refractivity contribution in [1.29, 1.82) is 0 Å².